The van der Waals surface area contributed by atoms with Gasteiger partial charge in [-0.1, -0.05) is 0 Å². The summed E-state index contributed by atoms with van der Waals surface area (Å²) in [4.78, 5) is 3.99. The van der Waals surface area contributed by atoms with E-state index in [4.69, 9.17) is 10.5 Å². The molecule has 0 spiro atoms. The largest absolute Gasteiger partial charge is 0.493 e. The fourth-order valence-electron chi connectivity index (χ4n) is 2.16. The molecule has 0 radical (unpaired) electrons. The van der Waals surface area contributed by atoms with Crippen LogP contribution in [0.1, 0.15) is 36.1 Å². The second kappa shape index (κ2) is 7.18. The van der Waals surface area contributed by atoms with Gasteiger partial charge < -0.3 is 10.5 Å². The molecule has 0 aliphatic carbocycles. The number of pyridine rings is 1. The van der Waals surface area contributed by atoms with E-state index in [1.807, 2.05) is 19.1 Å². The van der Waals surface area contributed by atoms with Crippen molar-refractivity contribution in [2.24, 2.45) is 5.73 Å². The smallest absolute Gasteiger partial charge is 0.126 e. The lowest BCUT2D eigenvalue weighted by molar-refractivity contribution is 0.305. The van der Waals surface area contributed by atoms with Gasteiger partial charge in [-0.15, -0.1) is 0 Å². The van der Waals surface area contributed by atoms with Gasteiger partial charge in [-0.2, -0.15) is 0 Å². The molecule has 1 aromatic carbocycles. The zero-order valence-electron chi connectivity index (χ0n) is 12.5. The van der Waals surface area contributed by atoms with Gasteiger partial charge in [0.15, 0.2) is 0 Å². The molecule has 1 heterocycles. The monoisotopic (exact) mass is 288 g/mol. The number of nitrogens with zero attached hydrogens (tertiary/aromatic N) is 1. The Kier molecular flexibility index (Phi) is 5.28. The Morgan fingerprint density at radius 1 is 1.29 bits per heavy atom. The Morgan fingerprint density at radius 3 is 2.67 bits per heavy atom. The Labute approximate surface area is 125 Å². The highest BCUT2D eigenvalue weighted by atomic mass is 19.1. The Hall–Kier alpha value is -1.94. The quantitative estimate of drug-likeness (QED) is 0.827. The van der Waals surface area contributed by atoms with Crippen LogP contribution in [0.15, 0.2) is 36.7 Å². The van der Waals surface area contributed by atoms with E-state index in [0.717, 1.165) is 12.8 Å². The molecule has 2 N–H and O–H groups in total. The van der Waals surface area contributed by atoms with E-state index >= 15 is 0 Å². The molecule has 1 aromatic heterocycles. The molecule has 21 heavy (non-hydrogen) atoms. The molecule has 3 nitrogen and oxygen atoms in total. The van der Waals surface area contributed by atoms with Crippen molar-refractivity contribution in [1.82, 2.24) is 4.98 Å². The summed E-state index contributed by atoms with van der Waals surface area (Å²) >= 11 is 0. The van der Waals surface area contributed by atoms with E-state index in [1.165, 1.54) is 11.6 Å². The molecule has 0 fully saturated rings. The second-order valence-corrected chi connectivity index (χ2v) is 5.24. The first kappa shape index (κ1) is 15.4. The Balaban J connectivity index is 1.95. The average molecular weight is 288 g/mol. The van der Waals surface area contributed by atoms with Gasteiger partial charge in [-0.05, 0) is 62.1 Å². The first-order valence-corrected chi connectivity index (χ1v) is 7.15. The van der Waals surface area contributed by atoms with Crippen LogP contribution in [0, 0.1) is 12.7 Å². The number of benzene rings is 1. The molecule has 2 rings (SSSR count). The summed E-state index contributed by atoms with van der Waals surface area (Å²) in [6.07, 6.45) is 5.39. The second-order valence-electron chi connectivity index (χ2n) is 5.24. The highest BCUT2D eigenvalue weighted by molar-refractivity contribution is 5.39. The summed E-state index contributed by atoms with van der Waals surface area (Å²) in [7, 11) is 0. The predicted molar refractivity (Wildman–Crippen MR) is 81.8 cm³/mol. The van der Waals surface area contributed by atoms with Crippen molar-refractivity contribution in [2.45, 2.75) is 32.7 Å². The van der Waals surface area contributed by atoms with Crippen LogP contribution in [0.3, 0.4) is 0 Å². The molecular weight excluding hydrogens is 267 g/mol. The number of hydrogen-bond acceptors (Lipinski definition) is 3. The summed E-state index contributed by atoms with van der Waals surface area (Å²) < 4.78 is 19.4. The van der Waals surface area contributed by atoms with Crippen LogP contribution in [0.4, 0.5) is 4.39 Å². The number of nitrogens with two attached hydrogens (primary N) is 1. The molecule has 0 aliphatic heterocycles. The SMILES string of the molecule is Cc1cc(OCCCc2ccncc2)c(C(C)N)cc1F. The molecule has 0 bridgehead atoms. The standard InChI is InChI=1S/C17H21FN2O/c1-12-10-17(15(13(2)19)11-16(12)18)21-9-3-4-14-5-7-20-8-6-14/h5-8,10-11,13H,3-4,9,19H2,1-2H3. The molecular formula is C17H21FN2O. The van der Waals surface area contributed by atoms with Crippen LogP contribution in [-0.4, -0.2) is 11.6 Å². The van der Waals surface area contributed by atoms with Gasteiger partial charge in [0.25, 0.3) is 0 Å². The van der Waals surface area contributed by atoms with Crippen molar-refractivity contribution >= 4 is 0 Å². The summed E-state index contributed by atoms with van der Waals surface area (Å²) in [5.41, 5.74) is 8.39. The topological polar surface area (TPSA) is 48.1 Å². The van der Waals surface area contributed by atoms with E-state index in [2.05, 4.69) is 4.98 Å². The minimum absolute atomic E-state index is 0.244. The van der Waals surface area contributed by atoms with Crippen molar-refractivity contribution in [1.29, 1.82) is 0 Å². The minimum atomic E-state index is -0.254. The van der Waals surface area contributed by atoms with Crippen molar-refractivity contribution in [3.05, 3.63) is 59.2 Å². The van der Waals surface area contributed by atoms with E-state index in [1.54, 1.807) is 25.4 Å². The Morgan fingerprint density at radius 2 is 2.00 bits per heavy atom. The van der Waals surface area contributed by atoms with Gasteiger partial charge in [-0.25, -0.2) is 4.39 Å². The summed E-state index contributed by atoms with van der Waals surface area (Å²) in [6.45, 7) is 4.13. The maximum atomic E-state index is 13.6. The first-order valence-electron chi connectivity index (χ1n) is 7.15. The van der Waals surface area contributed by atoms with Crippen LogP contribution in [0.2, 0.25) is 0 Å². The fourth-order valence-corrected chi connectivity index (χ4v) is 2.16. The maximum absolute atomic E-state index is 13.6. The van der Waals surface area contributed by atoms with Crippen molar-refractivity contribution in [2.75, 3.05) is 6.61 Å². The molecule has 0 saturated heterocycles. The molecule has 0 aliphatic rings. The number of rotatable bonds is 6. The van der Waals surface area contributed by atoms with Crippen LogP contribution < -0.4 is 10.5 Å². The molecule has 1 unspecified atom stereocenters. The van der Waals surface area contributed by atoms with E-state index in [0.29, 0.717) is 23.5 Å². The van der Waals surface area contributed by atoms with Gasteiger partial charge in [0.1, 0.15) is 11.6 Å². The lowest BCUT2D eigenvalue weighted by Gasteiger charge is -2.15. The fraction of sp³-hybridized carbons (Fsp3) is 0.353. The van der Waals surface area contributed by atoms with E-state index in [9.17, 15) is 4.39 Å². The van der Waals surface area contributed by atoms with Crippen LogP contribution in [0.25, 0.3) is 0 Å². The molecule has 4 heteroatoms. The van der Waals surface area contributed by atoms with Gasteiger partial charge in [0.05, 0.1) is 6.61 Å². The first-order chi connectivity index (χ1) is 10.1. The van der Waals surface area contributed by atoms with Crippen molar-refractivity contribution < 1.29 is 9.13 Å². The lowest BCUT2D eigenvalue weighted by Crippen LogP contribution is -2.10. The van der Waals surface area contributed by atoms with E-state index in [-0.39, 0.29) is 11.9 Å². The zero-order valence-corrected chi connectivity index (χ0v) is 12.5. The summed E-state index contributed by atoms with van der Waals surface area (Å²) in [5, 5.41) is 0. The Bertz CT molecular complexity index is 585. The molecule has 0 saturated carbocycles. The highest BCUT2D eigenvalue weighted by Gasteiger charge is 2.12. The number of aryl methyl sites for hydroxylation is 2. The van der Waals surface area contributed by atoms with Crippen molar-refractivity contribution in [3.63, 3.8) is 0 Å². The normalized spacial score (nSPS) is 12.2. The zero-order chi connectivity index (χ0) is 15.2. The van der Waals surface area contributed by atoms with Gasteiger partial charge in [0.2, 0.25) is 0 Å². The number of ether oxygens (including phenoxy) is 1. The van der Waals surface area contributed by atoms with E-state index < -0.39 is 0 Å². The third kappa shape index (κ3) is 4.26. The molecule has 0 amide bonds. The predicted octanol–water partition coefficient (Wildman–Crippen LogP) is 3.56. The lowest BCUT2D eigenvalue weighted by atomic mass is 10.0. The third-order valence-electron chi connectivity index (χ3n) is 3.40. The summed E-state index contributed by atoms with van der Waals surface area (Å²) in [6, 6.07) is 6.93. The molecule has 112 valence electrons. The average Bonchev–Trinajstić information content (AvgIpc) is 2.47. The van der Waals surface area contributed by atoms with Crippen LogP contribution >= 0.6 is 0 Å². The van der Waals surface area contributed by atoms with Crippen LogP contribution in [-0.2, 0) is 6.42 Å². The highest BCUT2D eigenvalue weighted by Crippen LogP contribution is 2.27. The van der Waals surface area contributed by atoms with Crippen LogP contribution in [0.5, 0.6) is 5.75 Å². The maximum Gasteiger partial charge on any atom is 0.126 e. The summed E-state index contributed by atoms with van der Waals surface area (Å²) in [5.74, 6) is 0.435. The number of aromatic nitrogens is 1. The molecule has 2 aromatic rings. The van der Waals surface area contributed by atoms with Gasteiger partial charge in [0, 0.05) is 24.0 Å². The molecule has 1 atom stereocenters. The number of halogens is 1. The number of hydrogen-bond donors (Lipinski definition) is 1. The third-order valence-corrected chi connectivity index (χ3v) is 3.40. The van der Waals surface area contributed by atoms with Gasteiger partial charge >= 0.3 is 0 Å². The van der Waals surface area contributed by atoms with Crippen molar-refractivity contribution in [3.8, 4) is 5.75 Å². The minimum Gasteiger partial charge on any atom is -0.493 e. The van der Waals surface area contributed by atoms with Gasteiger partial charge in [-0.3, -0.25) is 4.98 Å².